The van der Waals surface area contributed by atoms with Gasteiger partial charge in [-0.2, -0.15) is 0 Å². The van der Waals surface area contributed by atoms with Gasteiger partial charge in [-0.25, -0.2) is 0 Å². The number of hydrogen-bond acceptors (Lipinski definition) is 4. The van der Waals surface area contributed by atoms with Gasteiger partial charge >= 0.3 is 0 Å². The molecule has 0 radical (unpaired) electrons. The van der Waals surface area contributed by atoms with Crippen LogP contribution in [0.3, 0.4) is 0 Å². The number of benzene rings is 2. The molecule has 0 aromatic heterocycles. The lowest BCUT2D eigenvalue weighted by molar-refractivity contribution is 0.0815. The second kappa shape index (κ2) is 9.76. The Morgan fingerprint density at radius 1 is 1.00 bits per heavy atom. The highest BCUT2D eigenvalue weighted by atomic mass is 35.5. The normalized spacial score (nSPS) is 17.7. The molecule has 2 amide bonds. The zero-order valence-electron chi connectivity index (χ0n) is 20.2. The van der Waals surface area contributed by atoms with Gasteiger partial charge in [-0.1, -0.05) is 23.7 Å². The van der Waals surface area contributed by atoms with Crippen molar-refractivity contribution < 1.29 is 9.59 Å². The first-order valence-corrected chi connectivity index (χ1v) is 12.0. The highest BCUT2D eigenvalue weighted by Gasteiger charge is 2.43. The van der Waals surface area contributed by atoms with Crippen molar-refractivity contribution in [2.45, 2.75) is 25.8 Å². The molecule has 0 bridgehead atoms. The molecule has 0 unspecified atom stereocenters. The van der Waals surface area contributed by atoms with Crippen LogP contribution < -0.4 is 10.6 Å². The van der Waals surface area contributed by atoms with Crippen molar-refractivity contribution in [2.24, 2.45) is 10.4 Å². The third-order valence-corrected chi connectivity index (χ3v) is 6.95. The number of amidine groups is 1. The summed E-state index contributed by atoms with van der Waals surface area (Å²) in [6, 6.07) is 11.3. The molecule has 2 aromatic rings. The van der Waals surface area contributed by atoms with Gasteiger partial charge in [0, 0.05) is 44.2 Å². The first kappa shape index (κ1) is 24.2. The first-order chi connectivity index (χ1) is 16.2. The van der Waals surface area contributed by atoms with Gasteiger partial charge in [-0.15, -0.1) is 0 Å². The van der Waals surface area contributed by atoms with E-state index in [1.54, 1.807) is 50.1 Å². The maximum absolute atomic E-state index is 13.1. The Kier molecular flexibility index (Phi) is 6.96. The fourth-order valence-corrected chi connectivity index (χ4v) is 5.05. The molecule has 1 spiro atoms. The average molecular weight is 482 g/mol. The van der Waals surface area contributed by atoms with Crippen molar-refractivity contribution >= 4 is 34.9 Å². The van der Waals surface area contributed by atoms with Gasteiger partial charge in [0.2, 0.25) is 0 Å². The van der Waals surface area contributed by atoms with Gasteiger partial charge in [0.15, 0.2) is 0 Å². The molecule has 4 rings (SSSR count). The Morgan fingerprint density at radius 2 is 1.65 bits per heavy atom. The molecule has 0 atom stereocenters. The summed E-state index contributed by atoms with van der Waals surface area (Å²) in [5.74, 6) is 0.706. The lowest BCUT2D eigenvalue weighted by Crippen LogP contribution is -2.49. The van der Waals surface area contributed by atoms with Crippen LogP contribution in [-0.4, -0.2) is 68.7 Å². The molecule has 2 aromatic carbocycles. The number of carbonyl (C=O) groups excluding carboxylic acids is 2. The predicted octanol–water partition coefficient (Wildman–Crippen LogP) is 3.68. The number of amides is 2. The van der Waals surface area contributed by atoms with Gasteiger partial charge < -0.3 is 20.4 Å². The predicted molar refractivity (Wildman–Crippen MR) is 137 cm³/mol. The standard InChI is InChI=1S/C26H32ClN5O2/c1-31(2)23(33)19-8-9-20(24(34)32(3)4)22-21(19)15-26(10-12-28-13-11-26)25(30-22)29-16-17-6-5-7-18(27)14-17/h5-9,14,28H,10-13,15-16H2,1-4H3,(H,29,30). The first-order valence-electron chi connectivity index (χ1n) is 11.6. The number of nitrogens with one attached hydrogen (secondary N) is 2. The van der Waals surface area contributed by atoms with Crippen LogP contribution in [0.4, 0.5) is 5.69 Å². The van der Waals surface area contributed by atoms with E-state index in [9.17, 15) is 9.59 Å². The molecule has 7 nitrogen and oxygen atoms in total. The summed E-state index contributed by atoms with van der Waals surface area (Å²) in [5, 5.41) is 7.68. The molecular formula is C26H32ClN5O2. The fraction of sp³-hybridized carbons (Fsp3) is 0.423. The number of aliphatic imine (C=N–C) groups is 1. The third kappa shape index (κ3) is 4.68. The summed E-state index contributed by atoms with van der Waals surface area (Å²) < 4.78 is 0. The Hall–Kier alpha value is -2.90. The number of halogens is 1. The topological polar surface area (TPSA) is 77.0 Å². The third-order valence-electron chi connectivity index (χ3n) is 6.72. The molecular weight excluding hydrogens is 450 g/mol. The van der Waals surface area contributed by atoms with Crippen LogP contribution in [0.15, 0.2) is 41.4 Å². The molecule has 8 heteroatoms. The molecule has 2 aliphatic heterocycles. The molecule has 1 fully saturated rings. The summed E-state index contributed by atoms with van der Waals surface area (Å²) in [7, 11) is 6.97. The number of anilines is 1. The quantitative estimate of drug-likeness (QED) is 0.698. The summed E-state index contributed by atoms with van der Waals surface area (Å²) in [5.41, 5.74) is 3.58. The van der Waals surface area contributed by atoms with Crippen molar-refractivity contribution in [2.75, 3.05) is 46.6 Å². The zero-order chi connectivity index (χ0) is 24.5. The highest BCUT2D eigenvalue weighted by molar-refractivity contribution is 6.30. The van der Waals surface area contributed by atoms with Crippen LogP contribution >= 0.6 is 11.6 Å². The average Bonchev–Trinajstić information content (AvgIpc) is 2.81. The second-order valence-electron chi connectivity index (χ2n) is 9.54. The number of fused-ring (bicyclic) bond motifs is 1. The van der Waals surface area contributed by atoms with Crippen molar-refractivity contribution in [1.29, 1.82) is 0 Å². The Labute approximate surface area is 206 Å². The maximum Gasteiger partial charge on any atom is 0.255 e. The van der Waals surface area contributed by atoms with Crippen molar-refractivity contribution in [1.82, 2.24) is 15.1 Å². The lowest BCUT2D eigenvalue weighted by atomic mass is 9.69. The van der Waals surface area contributed by atoms with Crippen LogP contribution in [0.25, 0.3) is 0 Å². The fourth-order valence-electron chi connectivity index (χ4n) is 4.84. The van der Waals surface area contributed by atoms with Crippen molar-refractivity contribution in [3.8, 4) is 0 Å². The minimum Gasteiger partial charge on any atom is -0.345 e. The highest BCUT2D eigenvalue weighted by Crippen LogP contribution is 2.44. The Balaban J connectivity index is 1.84. The van der Waals surface area contributed by atoms with Crippen LogP contribution in [0.5, 0.6) is 0 Å². The van der Waals surface area contributed by atoms with Crippen molar-refractivity contribution in [3.63, 3.8) is 0 Å². The van der Waals surface area contributed by atoms with Crippen LogP contribution in [0, 0.1) is 5.41 Å². The summed E-state index contributed by atoms with van der Waals surface area (Å²) >= 11 is 6.18. The lowest BCUT2D eigenvalue weighted by Gasteiger charge is -2.44. The summed E-state index contributed by atoms with van der Waals surface area (Å²) in [4.78, 5) is 34.3. The number of piperidine rings is 1. The van der Waals surface area contributed by atoms with Crippen LogP contribution in [0.1, 0.15) is 44.7 Å². The molecule has 2 N–H and O–H groups in total. The van der Waals surface area contributed by atoms with E-state index in [1.165, 1.54) is 0 Å². The molecule has 0 aliphatic carbocycles. The van der Waals surface area contributed by atoms with Gasteiger partial charge in [-0.05, 0) is 67.7 Å². The number of carbonyl (C=O) groups is 2. The largest absolute Gasteiger partial charge is 0.345 e. The van der Waals surface area contributed by atoms with Crippen LogP contribution in [-0.2, 0) is 13.0 Å². The van der Waals surface area contributed by atoms with E-state index in [-0.39, 0.29) is 17.2 Å². The van der Waals surface area contributed by atoms with Gasteiger partial charge in [0.1, 0.15) is 5.84 Å². The molecule has 1 saturated heterocycles. The van der Waals surface area contributed by atoms with E-state index < -0.39 is 0 Å². The summed E-state index contributed by atoms with van der Waals surface area (Å²) in [6.45, 7) is 2.24. The molecule has 180 valence electrons. The summed E-state index contributed by atoms with van der Waals surface area (Å²) in [6.07, 6.45) is 2.46. The monoisotopic (exact) mass is 481 g/mol. The second-order valence-corrected chi connectivity index (χ2v) is 9.98. The maximum atomic E-state index is 13.1. The smallest absolute Gasteiger partial charge is 0.255 e. The van der Waals surface area contributed by atoms with E-state index in [1.807, 2.05) is 24.3 Å². The molecule has 2 heterocycles. The molecule has 34 heavy (non-hydrogen) atoms. The van der Waals surface area contributed by atoms with Gasteiger partial charge in [0.05, 0.1) is 17.8 Å². The van der Waals surface area contributed by atoms with E-state index in [2.05, 4.69) is 10.6 Å². The minimum absolute atomic E-state index is 0.0645. The molecule has 0 saturated carbocycles. The van der Waals surface area contributed by atoms with E-state index in [0.29, 0.717) is 34.8 Å². The Morgan fingerprint density at radius 3 is 2.29 bits per heavy atom. The van der Waals surface area contributed by atoms with Gasteiger partial charge in [-0.3, -0.25) is 14.6 Å². The van der Waals surface area contributed by atoms with Gasteiger partial charge in [0.25, 0.3) is 11.8 Å². The van der Waals surface area contributed by atoms with E-state index >= 15 is 0 Å². The number of hydrogen-bond donors (Lipinski definition) is 2. The number of nitrogens with zero attached hydrogens (tertiary/aromatic N) is 3. The number of rotatable bonds is 4. The Bertz CT molecular complexity index is 1140. The van der Waals surface area contributed by atoms with E-state index in [4.69, 9.17) is 16.6 Å². The molecule has 2 aliphatic rings. The minimum atomic E-state index is -0.224. The van der Waals surface area contributed by atoms with Crippen molar-refractivity contribution in [3.05, 3.63) is 63.7 Å². The van der Waals surface area contributed by atoms with Crippen LogP contribution in [0.2, 0.25) is 5.02 Å². The SMILES string of the molecule is CN(C)C(=O)c1ccc(C(=O)N(C)C)c2c1CC1(CCNCC1)C(=NCc1cccc(Cl)c1)N2. The van der Waals surface area contributed by atoms with E-state index in [0.717, 1.165) is 42.9 Å². The zero-order valence-corrected chi connectivity index (χ0v) is 21.0.